The third-order valence-corrected chi connectivity index (χ3v) is 4.07. The van der Waals surface area contributed by atoms with Gasteiger partial charge in [0.1, 0.15) is 0 Å². The van der Waals surface area contributed by atoms with Gasteiger partial charge < -0.3 is 0 Å². The summed E-state index contributed by atoms with van der Waals surface area (Å²) in [7, 11) is 0. The molecule has 0 aromatic heterocycles. The van der Waals surface area contributed by atoms with E-state index in [9.17, 15) is 4.79 Å². The van der Waals surface area contributed by atoms with Crippen LogP contribution in [0.2, 0.25) is 0 Å². The lowest BCUT2D eigenvalue weighted by atomic mass is 10.0. The second-order valence-electron chi connectivity index (χ2n) is 4.03. The molecular weight excluding hydrogens is 403 g/mol. The fraction of sp³-hybridized carbons (Fsp3) is 0.133. The molecule has 0 radical (unpaired) electrons. The summed E-state index contributed by atoms with van der Waals surface area (Å²) in [6.45, 7) is 0. The minimum atomic E-state index is 0.184. The highest BCUT2D eigenvalue weighted by Crippen LogP contribution is 2.21. The zero-order chi connectivity index (χ0) is 13.0. The van der Waals surface area contributed by atoms with Gasteiger partial charge in [0.25, 0.3) is 0 Å². The van der Waals surface area contributed by atoms with Gasteiger partial charge in [-0.3, -0.25) is 4.79 Å². The summed E-state index contributed by atoms with van der Waals surface area (Å²) in [6.07, 6.45) is 1.33. The molecule has 18 heavy (non-hydrogen) atoms. The second kappa shape index (κ2) is 6.48. The van der Waals surface area contributed by atoms with Crippen molar-refractivity contribution in [2.24, 2.45) is 0 Å². The Morgan fingerprint density at radius 2 is 1.83 bits per heavy atom. The van der Waals surface area contributed by atoms with Gasteiger partial charge in [-0.1, -0.05) is 46.3 Å². The fourth-order valence-electron chi connectivity index (χ4n) is 1.75. The van der Waals surface area contributed by atoms with Crippen LogP contribution in [0.5, 0.6) is 0 Å². The average Bonchev–Trinajstić information content (AvgIpc) is 2.40. The fourth-order valence-corrected chi connectivity index (χ4v) is 2.71. The van der Waals surface area contributed by atoms with Crippen LogP contribution in [0.25, 0.3) is 0 Å². The van der Waals surface area contributed by atoms with Crippen LogP contribution in [0.4, 0.5) is 0 Å². The maximum atomic E-state index is 12.2. The lowest BCUT2D eigenvalue weighted by Gasteiger charge is -2.05. The highest BCUT2D eigenvalue weighted by Gasteiger charge is 2.10. The smallest absolute Gasteiger partial charge is 0.164 e. The number of halogens is 2. The normalized spacial score (nSPS) is 10.3. The third-order valence-electron chi connectivity index (χ3n) is 2.71. The summed E-state index contributed by atoms with van der Waals surface area (Å²) in [5.41, 5.74) is 1.98. The van der Waals surface area contributed by atoms with Gasteiger partial charge >= 0.3 is 0 Å². The molecule has 0 bridgehead atoms. The first kappa shape index (κ1) is 13.7. The zero-order valence-corrected chi connectivity index (χ0v) is 13.4. The molecule has 0 saturated carbocycles. The van der Waals surface area contributed by atoms with Crippen LogP contribution >= 0.6 is 38.5 Å². The SMILES string of the molecule is O=C(CCc1ccccc1)c1cc(I)ccc1Br. The number of carbonyl (C=O) groups is 1. The Bertz CT molecular complexity index is 552. The van der Waals surface area contributed by atoms with Gasteiger partial charge in [0.05, 0.1) is 0 Å². The third kappa shape index (κ3) is 3.65. The number of aryl methyl sites for hydroxylation is 1. The number of hydrogen-bond donors (Lipinski definition) is 0. The first-order valence-electron chi connectivity index (χ1n) is 5.69. The van der Waals surface area contributed by atoms with Crippen LogP contribution in [-0.4, -0.2) is 5.78 Å². The van der Waals surface area contributed by atoms with E-state index in [0.717, 1.165) is 20.0 Å². The topological polar surface area (TPSA) is 17.1 Å². The molecule has 0 aliphatic rings. The van der Waals surface area contributed by atoms with E-state index in [1.54, 1.807) is 0 Å². The van der Waals surface area contributed by atoms with Crippen LogP contribution in [0.3, 0.4) is 0 Å². The summed E-state index contributed by atoms with van der Waals surface area (Å²) in [5, 5.41) is 0. The van der Waals surface area contributed by atoms with Crippen molar-refractivity contribution in [2.75, 3.05) is 0 Å². The molecule has 0 aliphatic carbocycles. The predicted octanol–water partition coefficient (Wildman–Crippen LogP) is 4.87. The van der Waals surface area contributed by atoms with Crippen LogP contribution < -0.4 is 0 Å². The van der Waals surface area contributed by atoms with Gasteiger partial charge in [0, 0.05) is 20.0 Å². The molecule has 0 aliphatic heterocycles. The van der Waals surface area contributed by atoms with Gasteiger partial charge in [0.2, 0.25) is 0 Å². The maximum Gasteiger partial charge on any atom is 0.164 e. The average molecular weight is 415 g/mol. The quantitative estimate of drug-likeness (QED) is 0.515. The number of ketones is 1. The zero-order valence-electron chi connectivity index (χ0n) is 9.70. The number of Topliss-reactive ketones (excluding diaryl/α,β-unsaturated/α-hetero) is 1. The number of benzene rings is 2. The van der Waals surface area contributed by atoms with Crippen molar-refractivity contribution in [3.05, 3.63) is 67.7 Å². The van der Waals surface area contributed by atoms with E-state index < -0.39 is 0 Å². The molecule has 0 saturated heterocycles. The number of hydrogen-bond acceptors (Lipinski definition) is 1. The Kier molecular flexibility index (Phi) is 4.95. The Morgan fingerprint density at radius 3 is 2.56 bits per heavy atom. The summed E-state index contributed by atoms with van der Waals surface area (Å²) < 4.78 is 1.96. The monoisotopic (exact) mass is 414 g/mol. The molecule has 2 aromatic rings. The van der Waals surface area contributed by atoms with E-state index in [-0.39, 0.29) is 5.78 Å². The van der Waals surface area contributed by atoms with E-state index in [0.29, 0.717) is 6.42 Å². The minimum Gasteiger partial charge on any atom is -0.294 e. The molecule has 2 rings (SSSR count). The van der Waals surface area contributed by atoms with E-state index in [2.05, 4.69) is 50.7 Å². The van der Waals surface area contributed by atoms with E-state index in [1.807, 2.05) is 36.4 Å². The van der Waals surface area contributed by atoms with Gasteiger partial charge in [0.15, 0.2) is 5.78 Å². The Morgan fingerprint density at radius 1 is 1.11 bits per heavy atom. The van der Waals surface area contributed by atoms with Gasteiger partial charge in [-0.15, -0.1) is 0 Å². The highest BCUT2D eigenvalue weighted by atomic mass is 127. The molecule has 0 heterocycles. The first-order chi connectivity index (χ1) is 8.66. The molecule has 0 amide bonds. The molecule has 0 unspecified atom stereocenters. The minimum absolute atomic E-state index is 0.184. The maximum absolute atomic E-state index is 12.2. The van der Waals surface area contributed by atoms with Crippen LogP contribution in [0.15, 0.2) is 53.0 Å². The molecule has 3 heteroatoms. The lowest BCUT2D eigenvalue weighted by molar-refractivity contribution is 0.0982. The van der Waals surface area contributed by atoms with Crippen molar-refractivity contribution < 1.29 is 4.79 Å². The largest absolute Gasteiger partial charge is 0.294 e. The van der Waals surface area contributed by atoms with Crippen molar-refractivity contribution in [2.45, 2.75) is 12.8 Å². The molecule has 2 aromatic carbocycles. The van der Waals surface area contributed by atoms with E-state index in [1.165, 1.54) is 5.56 Å². The Labute approximate surface area is 129 Å². The molecule has 1 nitrogen and oxygen atoms in total. The number of carbonyl (C=O) groups excluding carboxylic acids is 1. The van der Waals surface area contributed by atoms with Gasteiger partial charge in [-0.05, 0) is 52.8 Å². The molecule has 0 atom stereocenters. The Hall–Kier alpha value is -0.680. The lowest BCUT2D eigenvalue weighted by Crippen LogP contribution is -2.02. The summed E-state index contributed by atoms with van der Waals surface area (Å²) >= 11 is 5.66. The number of rotatable bonds is 4. The van der Waals surface area contributed by atoms with Crippen molar-refractivity contribution in [3.63, 3.8) is 0 Å². The van der Waals surface area contributed by atoms with Gasteiger partial charge in [-0.2, -0.15) is 0 Å². The molecular formula is C15H12BrIO. The van der Waals surface area contributed by atoms with Crippen LogP contribution in [0, 0.1) is 3.57 Å². The Balaban J connectivity index is 2.06. The second-order valence-corrected chi connectivity index (χ2v) is 6.13. The van der Waals surface area contributed by atoms with Crippen molar-refractivity contribution >= 4 is 44.3 Å². The van der Waals surface area contributed by atoms with Crippen LogP contribution in [0.1, 0.15) is 22.3 Å². The molecule has 0 N–H and O–H groups in total. The van der Waals surface area contributed by atoms with Crippen molar-refractivity contribution in [3.8, 4) is 0 Å². The van der Waals surface area contributed by atoms with E-state index >= 15 is 0 Å². The highest BCUT2D eigenvalue weighted by molar-refractivity contribution is 14.1. The predicted molar refractivity (Wildman–Crippen MR) is 86.0 cm³/mol. The van der Waals surface area contributed by atoms with Crippen molar-refractivity contribution in [1.82, 2.24) is 0 Å². The summed E-state index contributed by atoms with van der Waals surface area (Å²) in [5.74, 6) is 0.184. The standard InChI is InChI=1S/C15H12BrIO/c16-14-8-7-12(17)10-13(14)15(18)9-6-11-4-2-1-3-5-11/h1-5,7-8,10H,6,9H2. The van der Waals surface area contributed by atoms with Crippen molar-refractivity contribution in [1.29, 1.82) is 0 Å². The summed E-state index contributed by atoms with van der Waals surface area (Å²) in [6, 6.07) is 15.9. The first-order valence-corrected chi connectivity index (χ1v) is 7.56. The van der Waals surface area contributed by atoms with E-state index in [4.69, 9.17) is 0 Å². The van der Waals surface area contributed by atoms with Crippen LogP contribution in [-0.2, 0) is 6.42 Å². The molecule has 0 fully saturated rings. The molecule has 92 valence electrons. The summed E-state index contributed by atoms with van der Waals surface area (Å²) in [4.78, 5) is 12.2. The van der Waals surface area contributed by atoms with Gasteiger partial charge in [-0.25, -0.2) is 0 Å². The molecule has 0 spiro atoms.